The molecular weight excluding hydrogens is 268 g/mol. The third-order valence-electron chi connectivity index (χ3n) is 3.81. The fraction of sp³-hybridized carbons (Fsp3) is 0.312. The van der Waals surface area contributed by atoms with Crippen LogP contribution in [0.1, 0.15) is 21.6 Å². The zero-order valence-electron chi connectivity index (χ0n) is 12.2. The molecule has 2 heterocycles. The zero-order valence-corrected chi connectivity index (χ0v) is 12.2. The van der Waals surface area contributed by atoms with Crippen molar-refractivity contribution in [2.24, 2.45) is 0 Å². The first-order chi connectivity index (χ1) is 10.2. The Morgan fingerprint density at radius 2 is 1.90 bits per heavy atom. The third kappa shape index (κ3) is 2.59. The van der Waals surface area contributed by atoms with Crippen molar-refractivity contribution in [3.05, 3.63) is 47.3 Å². The summed E-state index contributed by atoms with van der Waals surface area (Å²) >= 11 is 0. The molecule has 110 valence electrons. The number of hydrogen-bond donors (Lipinski definition) is 1. The SMILES string of the molecule is COc1cc(OC)cc(C(=O)N2CCc3[nH]ccc3C2)c1. The molecule has 1 aliphatic rings. The largest absolute Gasteiger partial charge is 0.497 e. The van der Waals surface area contributed by atoms with Crippen LogP contribution in [0.2, 0.25) is 0 Å². The summed E-state index contributed by atoms with van der Waals surface area (Å²) in [7, 11) is 3.16. The van der Waals surface area contributed by atoms with Gasteiger partial charge in [0.15, 0.2) is 0 Å². The van der Waals surface area contributed by atoms with Crippen molar-refractivity contribution in [3.63, 3.8) is 0 Å². The first-order valence-electron chi connectivity index (χ1n) is 6.88. The summed E-state index contributed by atoms with van der Waals surface area (Å²) in [6.45, 7) is 1.35. The van der Waals surface area contributed by atoms with E-state index in [-0.39, 0.29) is 5.91 Å². The van der Waals surface area contributed by atoms with E-state index in [2.05, 4.69) is 4.98 Å². The minimum absolute atomic E-state index is 0.000880. The number of methoxy groups -OCH3 is 2. The Labute approximate surface area is 123 Å². The molecule has 0 saturated heterocycles. The third-order valence-corrected chi connectivity index (χ3v) is 3.81. The molecule has 0 atom stereocenters. The van der Waals surface area contributed by atoms with Crippen LogP contribution in [-0.4, -0.2) is 36.6 Å². The molecular formula is C16H18N2O3. The van der Waals surface area contributed by atoms with Gasteiger partial charge >= 0.3 is 0 Å². The van der Waals surface area contributed by atoms with Crippen molar-refractivity contribution in [1.82, 2.24) is 9.88 Å². The van der Waals surface area contributed by atoms with E-state index in [0.29, 0.717) is 30.2 Å². The van der Waals surface area contributed by atoms with Crippen molar-refractivity contribution in [1.29, 1.82) is 0 Å². The predicted molar refractivity (Wildman–Crippen MR) is 78.8 cm³/mol. The van der Waals surface area contributed by atoms with Crippen LogP contribution in [0.5, 0.6) is 11.5 Å². The second-order valence-corrected chi connectivity index (χ2v) is 5.06. The zero-order chi connectivity index (χ0) is 14.8. The molecule has 1 aromatic carbocycles. The van der Waals surface area contributed by atoms with E-state index < -0.39 is 0 Å². The second kappa shape index (κ2) is 5.52. The smallest absolute Gasteiger partial charge is 0.254 e. The van der Waals surface area contributed by atoms with Gasteiger partial charge in [0.2, 0.25) is 0 Å². The molecule has 0 unspecified atom stereocenters. The molecule has 1 amide bonds. The van der Waals surface area contributed by atoms with E-state index in [1.54, 1.807) is 32.4 Å². The van der Waals surface area contributed by atoms with Gasteiger partial charge in [0.1, 0.15) is 11.5 Å². The molecule has 1 aromatic heterocycles. The Balaban J connectivity index is 1.85. The molecule has 0 radical (unpaired) electrons. The van der Waals surface area contributed by atoms with Gasteiger partial charge in [-0.1, -0.05) is 0 Å². The number of benzene rings is 1. The lowest BCUT2D eigenvalue weighted by molar-refractivity contribution is 0.0733. The molecule has 0 aliphatic carbocycles. The number of nitrogens with one attached hydrogen (secondary N) is 1. The van der Waals surface area contributed by atoms with Crippen LogP contribution in [0, 0.1) is 0 Å². The van der Waals surface area contributed by atoms with E-state index in [9.17, 15) is 4.79 Å². The summed E-state index contributed by atoms with van der Waals surface area (Å²) in [4.78, 5) is 17.7. The van der Waals surface area contributed by atoms with E-state index in [4.69, 9.17) is 9.47 Å². The Kier molecular flexibility index (Phi) is 3.56. The minimum Gasteiger partial charge on any atom is -0.497 e. The Hall–Kier alpha value is -2.43. The van der Waals surface area contributed by atoms with Gasteiger partial charge in [-0.25, -0.2) is 0 Å². The Morgan fingerprint density at radius 1 is 1.19 bits per heavy atom. The normalized spacial score (nSPS) is 13.7. The van der Waals surface area contributed by atoms with Gasteiger partial charge in [0.05, 0.1) is 14.2 Å². The van der Waals surface area contributed by atoms with E-state index >= 15 is 0 Å². The highest BCUT2D eigenvalue weighted by Crippen LogP contribution is 2.25. The molecule has 0 spiro atoms. The van der Waals surface area contributed by atoms with Crippen LogP contribution in [-0.2, 0) is 13.0 Å². The maximum Gasteiger partial charge on any atom is 0.254 e. The lowest BCUT2D eigenvalue weighted by Crippen LogP contribution is -2.35. The number of carbonyl (C=O) groups excluding carboxylic acids is 1. The van der Waals surface area contributed by atoms with Crippen LogP contribution < -0.4 is 9.47 Å². The molecule has 1 N–H and O–H groups in total. The number of fused-ring (bicyclic) bond motifs is 1. The van der Waals surface area contributed by atoms with Gasteiger partial charge in [0.25, 0.3) is 5.91 Å². The number of H-pyrrole nitrogens is 1. The average molecular weight is 286 g/mol. The molecule has 0 saturated carbocycles. The van der Waals surface area contributed by atoms with Crippen molar-refractivity contribution in [3.8, 4) is 11.5 Å². The average Bonchev–Trinajstić information content (AvgIpc) is 3.01. The quantitative estimate of drug-likeness (QED) is 0.941. The van der Waals surface area contributed by atoms with Crippen molar-refractivity contribution in [2.75, 3.05) is 20.8 Å². The van der Waals surface area contributed by atoms with Crippen molar-refractivity contribution < 1.29 is 14.3 Å². The standard InChI is InChI=1S/C16H18N2O3/c1-20-13-7-12(8-14(9-13)21-2)16(19)18-6-4-15-11(10-18)3-5-17-15/h3,5,7-9,17H,4,6,10H2,1-2H3. The van der Waals surface area contributed by atoms with E-state index in [0.717, 1.165) is 6.42 Å². The van der Waals surface area contributed by atoms with Gasteiger partial charge in [-0.05, 0) is 23.8 Å². The fourth-order valence-corrected chi connectivity index (χ4v) is 2.64. The first kappa shape index (κ1) is 13.5. The fourth-order valence-electron chi connectivity index (χ4n) is 2.64. The maximum atomic E-state index is 12.7. The monoisotopic (exact) mass is 286 g/mol. The minimum atomic E-state index is -0.000880. The molecule has 3 rings (SSSR count). The Morgan fingerprint density at radius 3 is 2.57 bits per heavy atom. The summed E-state index contributed by atoms with van der Waals surface area (Å²) in [5.41, 5.74) is 3.00. The molecule has 21 heavy (non-hydrogen) atoms. The Bertz CT molecular complexity index is 641. The molecule has 5 heteroatoms. The van der Waals surface area contributed by atoms with Gasteiger partial charge < -0.3 is 19.4 Å². The maximum absolute atomic E-state index is 12.7. The number of amides is 1. The molecule has 1 aliphatic heterocycles. The number of carbonyl (C=O) groups is 1. The highest BCUT2D eigenvalue weighted by molar-refractivity contribution is 5.95. The number of ether oxygens (including phenoxy) is 2. The first-order valence-corrected chi connectivity index (χ1v) is 6.88. The van der Waals surface area contributed by atoms with Crippen molar-refractivity contribution in [2.45, 2.75) is 13.0 Å². The van der Waals surface area contributed by atoms with Crippen LogP contribution in [0.4, 0.5) is 0 Å². The van der Waals surface area contributed by atoms with Gasteiger partial charge in [-0.15, -0.1) is 0 Å². The summed E-state index contributed by atoms with van der Waals surface area (Å²) in [6.07, 6.45) is 2.78. The van der Waals surface area contributed by atoms with E-state index in [1.165, 1.54) is 11.3 Å². The number of rotatable bonds is 3. The topological polar surface area (TPSA) is 54.6 Å². The lowest BCUT2D eigenvalue weighted by atomic mass is 10.1. The lowest BCUT2D eigenvalue weighted by Gasteiger charge is -2.27. The summed E-state index contributed by atoms with van der Waals surface area (Å²) in [6, 6.07) is 7.28. The van der Waals surface area contributed by atoms with Crippen LogP contribution in [0.15, 0.2) is 30.5 Å². The van der Waals surface area contributed by atoms with E-state index in [1.807, 2.05) is 17.2 Å². The number of nitrogens with zero attached hydrogens (tertiary/aromatic N) is 1. The second-order valence-electron chi connectivity index (χ2n) is 5.06. The van der Waals surface area contributed by atoms with Gasteiger partial charge in [0, 0.05) is 43.0 Å². The molecule has 2 aromatic rings. The molecule has 5 nitrogen and oxygen atoms in total. The predicted octanol–water partition coefficient (Wildman–Crippen LogP) is 2.23. The summed E-state index contributed by atoms with van der Waals surface area (Å²) < 4.78 is 10.4. The highest BCUT2D eigenvalue weighted by atomic mass is 16.5. The number of hydrogen-bond acceptors (Lipinski definition) is 3. The molecule has 0 bridgehead atoms. The van der Waals surface area contributed by atoms with Crippen molar-refractivity contribution >= 4 is 5.91 Å². The summed E-state index contributed by atoms with van der Waals surface area (Å²) in [5, 5.41) is 0. The summed E-state index contributed by atoms with van der Waals surface area (Å²) in [5.74, 6) is 1.24. The van der Waals surface area contributed by atoms with Gasteiger partial charge in [-0.2, -0.15) is 0 Å². The van der Waals surface area contributed by atoms with Gasteiger partial charge in [-0.3, -0.25) is 4.79 Å². The number of aromatic amines is 1. The molecule has 0 fully saturated rings. The number of aromatic nitrogens is 1. The highest BCUT2D eigenvalue weighted by Gasteiger charge is 2.23. The van der Waals surface area contributed by atoms with Crippen LogP contribution >= 0.6 is 0 Å². The van der Waals surface area contributed by atoms with Crippen LogP contribution in [0.25, 0.3) is 0 Å². The van der Waals surface area contributed by atoms with Crippen LogP contribution in [0.3, 0.4) is 0 Å².